The van der Waals surface area contributed by atoms with Crippen molar-refractivity contribution in [3.05, 3.63) is 16.7 Å². The highest BCUT2D eigenvalue weighted by Gasteiger charge is 2.43. The maximum absolute atomic E-state index is 14.4. The van der Waals surface area contributed by atoms with Gasteiger partial charge in [0.05, 0.1) is 12.1 Å². The van der Waals surface area contributed by atoms with Crippen LogP contribution in [-0.2, 0) is 14.3 Å². The number of carbonyl (C=O) groups excluding carboxylic acids is 1. The minimum absolute atomic E-state index is 0.0124. The van der Waals surface area contributed by atoms with Gasteiger partial charge in [-0.2, -0.15) is 14.8 Å². The maximum Gasteiger partial charge on any atom is 0.368 e. The third kappa shape index (κ3) is 3.54. The lowest BCUT2D eigenvalue weighted by atomic mass is 10.2. The van der Waals surface area contributed by atoms with Crippen LogP contribution in [0.15, 0.2) is 11.0 Å². The number of anilines is 1. The van der Waals surface area contributed by atoms with E-state index in [0.717, 1.165) is 4.68 Å². The third-order valence-corrected chi connectivity index (χ3v) is 3.02. The summed E-state index contributed by atoms with van der Waals surface area (Å²) in [5, 5.41) is 3.77. The van der Waals surface area contributed by atoms with Crippen LogP contribution in [0.5, 0.6) is 0 Å². The molecule has 21 heavy (non-hydrogen) atoms. The van der Waals surface area contributed by atoms with Crippen molar-refractivity contribution >= 4 is 11.8 Å². The standard InChI is InChI=1S/C12H17FN4O4/c1-7(2)10(18)20-6-12(13)4-3-9(21-12)17-11(19)16-8(14)5-15-17/h5,7,9H,3-4,6H2,1-2H3,(H2,14,16,19)/t9-,12+/m1/s1. The number of rotatable bonds is 4. The lowest BCUT2D eigenvalue weighted by Crippen LogP contribution is -2.34. The van der Waals surface area contributed by atoms with E-state index in [1.807, 2.05) is 0 Å². The minimum Gasteiger partial charge on any atom is -0.459 e. The number of nitrogens with zero attached hydrogens (tertiary/aromatic N) is 3. The quantitative estimate of drug-likeness (QED) is 0.801. The number of esters is 1. The Hall–Kier alpha value is -2.03. The van der Waals surface area contributed by atoms with Crippen molar-refractivity contribution < 1.29 is 18.7 Å². The number of nitrogens with two attached hydrogens (primary N) is 1. The molecule has 0 amide bonds. The largest absolute Gasteiger partial charge is 0.459 e. The van der Waals surface area contributed by atoms with E-state index in [4.69, 9.17) is 15.2 Å². The van der Waals surface area contributed by atoms with Crippen LogP contribution in [0.4, 0.5) is 10.2 Å². The molecule has 2 heterocycles. The van der Waals surface area contributed by atoms with Crippen molar-refractivity contribution in [2.45, 2.75) is 38.8 Å². The van der Waals surface area contributed by atoms with Crippen LogP contribution in [0.25, 0.3) is 0 Å². The minimum atomic E-state index is -2.13. The number of nitrogen functional groups attached to an aromatic ring is 1. The zero-order valence-electron chi connectivity index (χ0n) is 11.8. The van der Waals surface area contributed by atoms with Gasteiger partial charge in [0.25, 0.3) is 0 Å². The molecule has 0 aromatic carbocycles. The molecule has 2 N–H and O–H groups in total. The first-order chi connectivity index (χ1) is 9.81. The molecule has 2 atom stereocenters. The van der Waals surface area contributed by atoms with Gasteiger partial charge in [0.15, 0.2) is 12.8 Å². The molecule has 0 aliphatic carbocycles. The molecule has 1 aromatic heterocycles. The average molecular weight is 300 g/mol. The number of hydrogen-bond acceptors (Lipinski definition) is 7. The highest BCUT2D eigenvalue weighted by molar-refractivity contribution is 5.71. The van der Waals surface area contributed by atoms with Gasteiger partial charge in [-0.15, -0.1) is 0 Å². The Morgan fingerprint density at radius 1 is 1.71 bits per heavy atom. The molecule has 0 saturated carbocycles. The van der Waals surface area contributed by atoms with Gasteiger partial charge in [0, 0.05) is 6.42 Å². The first-order valence-electron chi connectivity index (χ1n) is 6.55. The third-order valence-electron chi connectivity index (χ3n) is 3.02. The second kappa shape index (κ2) is 5.76. The van der Waals surface area contributed by atoms with Crippen LogP contribution in [0.1, 0.15) is 32.9 Å². The van der Waals surface area contributed by atoms with Gasteiger partial charge in [-0.25, -0.2) is 9.18 Å². The van der Waals surface area contributed by atoms with Crippen molar-refractivity contribution in [2.75, 3.05) is 12.3 Å². The topological polar surface area (TPSA) is 109 Å². The zero-order chi connectivity index (χ0) is 15.6. The summed E-state index contributed by atoms with van der Waals surface area (Å²) in [4.78, 5) is 26.5. The van der Waals surface area contributed by atoms with E-state index in [9.17, 15) is 14.0 Å². The van der Waals surface area contributed by atoms with Gasteiger partial charge in [-0.1, -0.05) is 13.8 Å². The van der Waals surface area contributed by atoms with Crippen molar-refractivity contribution in [1.29, 1.82) is 0 Å². The Balaban J connectivity index is 2.02. The van der Waals surface area contributed by atoms with Crippen LogP contribution in [0.3, 0.4) is 0 Å². The fraction of sp³-hybridized carbons (Fsp3) is 0.667. The molecule has 0 unspecified atom stereocenters. The number of carbonyl (C=O) groups is 1. The van der Waals surface area contributed by atoms with Gasteiger partial charge in [-0.3, -0.25) is 4.79 Å². The van der Waals surface area contributed by atoms with E-state index < -0.39 is 30.3 Å². The van der Waals surface area contributed by atoms with Gasteiger partial charge >= 0.3 is 11.7 Å². The average Bonchev–Trinajstić information content (AvgIpc) is 2.79. The number of hydrogen-bond donors (Lipinski definition) is 1. The predicted molar refractivity (Wildman–Crippen MR) is 69.7 cm³/mol. The van der Waals surface area contributed by atoms with Crippen molar-refractivity contribution in [3.8, 4) is 0 Å². The van der Waals surface area contributed by atoms with Gasteiger partial charge in [0.2, 0.25) is 5.85 Å². The number of ether oxygens (including phenoxy) is 2. The monoisotopic (exact) mass is 300 g/mol. The second-order valence-corrected chi connectivity index (χ2v) is 5.17. The molecule has 1 aliphatic rings. The molecule has 1 fully saturated rings. The Labute approximate surface area is 120 Å². The Morgan fingerprint density at radius 2 is 2.43 bits per heavy atom. The molecular weight excluding hydrogens is 283 g/mol. The van der Waals surface area contributed by atoms with Crippen LogP contribution in [-0.4, -0.2) is 33.2 Å². The number of halogens is 1. The molecule has 0 spiro atoms. The molecule has 1 saturated heterocycles. The molecule has 116 valence electrons. The molecular formula is C12H17FN4O4. The molecule has 1 aromatic rings. The molecule has 0 bridgehead atoms. The highest BCUT2D eigenvalue weighted by atomic mass is 19.2. The molecule has 8 nitrogen and oxygen atoms in total. The summed E-state index contributed by atoms with van der Waals surface area (Å²) >= 11 is 0. The Bertz CT molecular complexity index is 591. The molecule has 2 rings (SSSR count). The first-order valence-corrected chi connectivity index (χ1v) is 6.55. The summed E-state index contributed by atoms with van der Waals surface area (Å²) in [6.07, 6.45) is 0.491. The fourth-order valence-corrected chi connectivity index (χ4v) is 1.88. The van der Waals surface area contributed by atoms with Crippen LogP contribution in [0.2, 0.25) is 0 Å². The molecule has 0 radical (unpaired) electrons. The smallest absolute Gasteiger partial charge is 0.368 e. The molecule has 1 aliphatic heterocycles. The van der Waals surface area contributed by atoms with Crippen LogP contribution >= 0.6 is 0 Å². The Kier molecular flexibility index (Phi) is 4.21. The molecule has 9 heteroatoms. The summed E-state index contributed by atoms with van der Waals surface area (Å²) in [6.45, 7) is 2.78. The predicted octanol–water partition coefficient (Wildman–Crippen LogP) is 0.395. The van der Waals surface area contributed by atoms with Crippen molar-refractivity contribution in [1.82, 2.24) is 14.8 Å². The van der Waals surface area contributed by atoms with Gasteiger partial charge < -0.3 is 15.2 Å². The summed E-state index contributed by atoms with van der Waals surface area (Å²) in [6, 6.07) is 0. The van der Waals surface area contributed by atoms with Crippen LogP contribution < -0.4 is 11.4 Å². The Morgan fingerprint density at radius 3 is 3.05 bits per heavy atom. The van der Waals surface area contributed by atoms with Crippen LogP contribution in [0, 0.1) is 5.92 Å². The van der Waals surface area contributed by atoms with Crippen molar-refractivity contribution in [3.63, 3.8) is 0 Å². The van der Waals surface area contributed by atoms with E-state index in [1.54, 1.807) is 13.8 Å². The maximum atomic E-state index is 14.4. The summed E-state index contributed by atoms with van der Waals surface area (Å²) in [7, 11) is 0. The van der Waals surface area contributed by atoms with Gasteiger partial charge in [0.1, 0.15) is 5.82 Å². The van der Waals surface area contributed by atoms with Crippen molar-refractivity contribution in [2.24, 2.45) is 5.92 Å². The second-order valence-electron chi connectivity index (χ2n) is 5.17. The normalized spacial score (nSPS) is 25.2. The lowest BCUT2D eigenvalue weighted by Gasteiger charge is -2.21. The summed E-state index contributed by atoms with van der Waals surface area (Å²) in [5.41, 5.74) is 4.61. The fourth-order valence-electron chi connectivity index (χ4n) is 1.88. The SMILES string of the molecule is CC(C)C(=O)OC[C@]1(F)CC[C@H](n2ncc(N)nc2=O)O1. The first kappa shape index (κ1) is 15.4. The van der Waals surface area contributed by atoms with E-state index in [2.05, 4.69) is 10.1 Å². The van der Waals surface area contributed by atoms with Gasteiger partial charge in [-0.05, 0) is 6.42 Å². The van der Waals surface area contributed by atoms with E-state index in [1.165, 1.54) is 6.20 Å². The number of aromatic nitrogens is 3. The van der Waals surface area contributed by atoms with E-state index >= 15 is 0 Å². The zero-order valence-corrected chi connectivity index (χ0v) is 11.8. The van der Waals surface area contributed by atoms with E-state index in [0.29, 0.717) is 0 Å². The van der Waals surface area contributed by atoms with E-state index in [-0.39, 0.29) is 24.6 Å². The lowest BCUT2D eigenvalue weighted by molar-refractivity contribution is -0.197. The number of alkyl halides is 1. The highest BCUT2D eigenvalue weighted by Crippen LogP contribution is 2.36. The summed E-state index contributed by atoms with van der Waals surface area (Å²) < 4.78 is 25.3. The summed E-state index contributed by atoms with van der Waals surface area (Å²) in [5.74, 6) is -3.01.